The molecular formula is C22H36O2. The van der Waals surface area contributed by atoms with Crippen LogP contribution in [-0.4, -0.2) is 5.97 Å². The van der Waals surface area contributed by atoms with E-state index < -0.39 is 0 Å². The Morgan fingerprint density at radius 3 is 1.88 bits per heavy atom. The number of ether oxygens (including phenoxy) is 1. The Balaban J connectivity index is 1.93. The van der Waals surface area contributed by atoms with Crippen LogP contribution in [0.5, 0.6) is 0 Å². The molecule has 0 aliphatic heterocycles. The first-order valence-electron chi connectivity index (χ1n) is 9.98. The molecule has 1 rings (SSSR count). The second-order valence-electron chi connectivity index (χ2n) is 6.83. The number of unbranched alkanes of at least 4 members (excludes halogenated alkanes) is 10. The summed E-state index contributed by atoms with van der Waals surface area (Å²) in [5.41, 5.74) is 1.06. The van der Waals surface area contributed by atoms with E-state index in [4.69, 9.17) is 4.74 Å². The van der Waals surface area contributed by atoms with Crippen molar-refractivity contribution in [2.24, 2.45) is 0 Å². The van der Waals surface area contributed by atoms with E-state index in [0.717, 1.165) is 18.4 Å². The summed E-state index contributed by atoms with van der Waals surface area (Å²) in [5, 5.41) is 0. The number of esters is 1. The summed E-state index contributed by atoms with van der Waals surface area (Å²) in [6.45, 7) is 4.20. The highest BCUT2D eigenvalue weighted by molar-refractivity contribution is 5.69. The molecular weight excluding hydrogens is 296 g/mol. The Kier molecular flexibility index (Phi) is 12.2. The maximum absolute atomic E-state index is 11.9. The third kappa shape index (κ3) is 10.5. The van der Waals surface area contributed by atoms with E-state index in [9.17, 15) is 4.79 Å². The van der Waals surface area contributed by atoms with Crippen molar-refractivity contribution in [3.05, 3.63) is 35.9 Å². The van der Waals surface area contributed by atoms with Crippen LogP contribution in [0.15, 0.2) is 30.3 Å². The molecule has 24 heavy (non-hydrogen) atoms. The van der Waals surface area contributed by atoms with Gasteiger partial charge < -0.3 is 4.74 Å². The number of carbonyl (C=O) groups is 1. The first kappa shape index (κ1) is 20.7. The quantitative estimate of drug-likeness (QED) is 0.271. The second kappa shape index (κ2) is 14.1. The summed E-state index contributed by atoms with van der Waals surface area (Å²) in [6.07, 6.45) is 14.7. The SMILES string of the molecule is CCCCCCCCCCCCCC(=O)O[C@H](C)c1ccccc1. The average molecular weight is 333 g/mol. The molecule has 0 bridgehead atoms. The lowest BCUT2D eigenvalue weighted by Gasteiger charge is -2.13. The molecule has 0 aliphatic carbocycles. The van der Waals surface area contributed by atoms with Crippen LogP contribution in [0.2, 0.25) is 0 Å². The molecule has 2 nitrogen and oxygen atoms in total. The molecule has 1 aromatic rings. The molecule has 0 heterocycles. The van der Waals surface area contributed by atoms with Crippen LogP contribution in [0.1, 0.15) is 103 Å². The minimum Gasteiger partial charge on any atom is -0.458 e. The fourth-order valence-corrected chi connectivity index (χ4v) is 2.98. The number of carbonyl (C=O) groups excluding carboxylic acids is 1. The molecule has 0 spiro atoms. The summed E-state index contributed by atoms with van der Waals surface area (Å²) in [5.74, 6) is -0.0673. The first-order chi connectivity index (χ1) is 11.7. The van der Waals surface area contributed by atoms with E-state index in [1.165, 1.54) is 57.8 Å². The van der Waals surface area contributed by atoms with Gasteiger partial charge in [0.1, 0.15) is 6.10 Å². The summed E-state index contributed by atoms with van der Waals surface area (Å²) in [7, 11) is 0. The Labute approximate surface area is 149 Å². The number of rotatable bonds is 14. The molecule has 0 saturated heterocycles. The minimum absolute atomic E-state index is 0.0673. The van der Waals surface area contributed by atoms with E-state index in [1.54, 1.807) is 0 Å². The number of benzene rings is 1. The zero-order valence-corrected chi connectivity index (χ0v) is 15.8. The first-order valence-corrected chi connectivity index (χ1v) is 9.98. The van der Waals surface area contributed by atoms with Gasteiger partial charge >= 0.3 is 5.97 Å². The van der Waals surface area contributed by atoms with Crippen molar-refractivity contribution in [1.82, 2.24) is 0 Å². The van der Waals surface area contributed by atoms with Gasteiger partial charge in [0.25, 0.3) is 0 Å². The predicted molar refractivity (Wildman–Crippen MR) is 102 cm³/mol. The van der Waals surface area contributed by atoms with Crippen LogP contribution in [0.4, 0.5) is 0 Å². The minimum atomic E-state index is -0.147. The monoisotopic (exact) mass is 332 g/mol. The third-order valence-electron chi connectivity index (χ3n) is 4.56. The van der Waals surface area contributed by atoms with Crippen LogP contribution in [-0.2, 0) is 9.53 Å². The molecule has 0 amide bonds. The van der Waals surface area contributed by atoms with Gasteiger partial charge in [-0.1, -0.05) is 101 Å². The Hall–Kier alpha value is -1.31. The molecule has 0 saturated carbocycles. The highest BCUT2D eigenvalue weighted by atomic mass is 16.5. The van der Waals surface area contributed by atoms with E-state index in [1.807, 2.05) is 37.3 Å². The van der Waals surface area contributed by atoms with Crippen LogP contribution < -0.4 is 0 Å². The second-order valence-corrected chi connectivity index (χ2v) is 6.83. The molecule has 1 atom stereocenters. The van der Waals surface area contributed by atoms with Gasteiger partial charge in [-0.2, -0.15) is 0 Å². The van der Waals surface area contributed by atoms with Crippen molar-refractivity contribution in [2.75, 3.05) is 0 Å². The Morgan fingerprint density at radius 2 is 1.33 bits per heavy atom. The number of hydrogen-bond acceptors (Lipinski definition) is 2. The molecule has 136 valence electrons. The van der Waals surface area contributed by atoms with Crippen LogP contribution in [0, 0.1) is 0 Å². The van der Waals surface area contributed by atoms with Gasteiger partial charge in [-0.25, -0.2) is 0 Å². The Morgan fingerprint density at radius 1 is 0.833 bits per heavy atom. The average Bonchev–Trinajstić information content (AvgIpc) is 2.60. The van der Waals surface area contributed by atoms with Crippen molar-refractivity contribution >= 4 is 5.97 Å². The van der Waals surface area contributed by atoms with Crippen LogP contribution in [0.25, 0.3) is 0 Å². The van der Waals surface area contributed by atoms with E-state index >= 15 is 0 Å². The van der Waals surface area contributed by atoms with Gasteiger partial charge in [0, 0.05) is 6.42 Å². The van der Waals surface area contributed by atoms with Crippen molar-refractivity contribution in [2.45, 2.75) is 97.0 Å². The summed E-state index contributed by atoms with van der Waals surface area (Å²) in [4.78, 5) is 11.9. The lowest BCUT2D eigenvalue weighted by molar-refractivity contribution is -0.148. The maximum Gasteiger partial charge on any atom is 0.306 e. The van der Waals surface area contributed by atoms with E-state index in [0.29, 0.717) is 6.42 Å². The van der Waals surface area contributed by atoms with Gasteiger partial charge in [-0.05, 0) is 18.9 Å². The molecule has 0 fully saturated rings. The molecule has 0 radical (unpaired) electrons. The lowest BCUT2D eigenvalue weighted by atomic mass is 10.1. The molecule has 0 N–H and O–H groups in total. The zero-order chi connectivity index (χ0) is 17.5. The largest absolute Gasteiger partial charge is 0.458 e. The van der Waals surface area contributed by atoms with Crippen LogP contribution in [0.3, 0.4) is 0 Å². The van der Waals surface area contributed by atoms with Gasteiger partial charge in [-0.15, -0.1) is 0 Å². The van der Waals surface area contributed by atoms with Crippen LogP contribution >= 0.6 is 0 Å². The Bertz CT molecular complexity index is 413. The van der Waals surface area contributed by atoms with Crippen molar-refractivity contribution in [3.63, 3.8) is 0 Å². The van der Waals surface area contributed by atoms with E-state index in [-0.39, 0.29) is 12.1 Å². The summed E-state index contributed by atoms with van der Waals surface area (Å²) in [6, 6.07) is 9.93. The smallest absolute Gasteiger partial charge is 0.306 e. The fourth-order valence-electron chi connectivity index (χ4n) is 2.98. The van der Waals surface area contributed by atoms with Gasteiger partial charge in [0.15, 0.2) is 0 Å². The highest BCUT2D eigenvalue weighted by Crippen LogP contribution is 2.18. The highest BCUT2D eigenvalue weighted by Gasteiger charge is 2.10. The van der Waals surface area contributed by atoms with E-state index in [2.05, 4.69) is 6.92 Å². The zero-order valence-electron chi connectivity index (χ0n) is 15.8. The normalized spacial score (nSPS) is 12.1. The molecule has 0 aromatic heterocycles. The van der Waals surface area contributed by atoms with Crippen molar-refractivity contribution in [1.29, 1.82) is 0 Å². The lowest BCUT2D eigenvalue weighted by Crippen LogP contribution is -2.08. The molecule has 2 heteroatoms. The topological polar surface area (TPSA) is 26.3 Å². The molecule has 0 unspecified atom stereocenters. The third-order valence-corrected chi connectivity index (χ3v) is 4.56. The van der Waals surface area contributed by atoms with Crippen molar-refractivity contribution in [3.8, 4) is 0 Å². The summed E-state index contributed by atoms with van der Waals surface area (Å²) >= 11 is 0. The fraction of sp³-hybridized carbons (Fsp3) is 0.682. The summed E-state index contributed by atoms with van der Waals surface area (Å²) < 4.78 is 5.49. The standard InChI is InChI=1S/C22H36O2/c1-3-4-5-6-7-8-9-10-11-12-16-19-22(23)24-20(2)21-17-14-13-15-18-21/h13-15,17-18,20H,3-12,16,19H2,1-2H3/t20-/m1/s1. The van der Waals surface area contributed by atoms with Gasteiger partial charge in [0.05, 0.1) is 0 Å². The number of hydrogen-bond donors (Lipinski definition) is 0. The molecule has 1 aromatic carbocycles. The van der Waals surface area contributed by atoms with Gasteiger partial charge in [-0.3, -0.25) is 4.79 Å². The van der Waals surface area contributed by atoms with Gasteiger partial charge in [0.2, 0.25) is 0 Å². The predicted octanol–water partition coefficient (Wildman–Crippen LogP) is 6.99. The molecule has 0 aliphatic rings. The van der Waals surface area contributed by atoms with Crippen molar-refractivity contribution < 1.29 is 9.53 Å². The maximum atomic E-state index is 11.9.